The topological polar surface area (TPSA) is 160 Å². The van der Waals surface area contributed by atoms with Crippen molar-refractivity contribution in [2.45, 2.75) is 16.6 Å². The number of rotatable bonds is 7. The van der Waals surface area contributed by atoms with Crippen LogP contribution in [0.15, 0.2) is 45.4 Å². The Labute approximate surface area is 186 Å². The van der Waals surface area contributed by atoms with Crippen LogP contribution in [0.25, 0.3) is 22.6 Å². The van der Waals surface area contributed by atoms with Crippen molar-refractivity contribution in [2.24, 2.45) is 0 Å². The summed E-state index contributed by atoms with van der Waals surface area (Å²) in [6.07, 6.45) is 5.48. The van der Waals surface area contributed by atoms with Crippen LogP contribution in [0.1, 0.15) is 0 Å². The Morgan fingerprint density at radius 2 is 2.03 bits per heavy atom. The lowest BCUT2D eigenvalue weighted by Gasteiger charge is -2.11. The third-order valence-corrected chi connectivity index (χ3v) is 6.34. The van der Waals surface area contributed by atoms with E-state index in [-0.39, 0.29) is 25.7 Å². The summed E-state index contributed by atoms with van der Waals surface area (Å²) < 4.78 is 43.8. The Bertz CT molecular complexity index is 1400. The number of hydrogen-bond donors (Lipinski definition) is 2. The monoisotopic (exact) mass is 475 g/mol. The molecule has 14 heteroatoms. The van der Waals surface area contributed by atoms with E-state index in [4.69, 9.17) is 19.6 Å². The van der Waals surface area contributed by atoms with Gasteiger partial charge in [0.25, 0.3) is 0 Å². The summed E-state index contributed by atoms with van der Waals surface area (Å²) in [4.78, 5) is 17.9. The molecular weight excluding hydrogens is 458 g/mol. The van der Waals surface area contributed by atoms with E-state index in [1.165, 1.54) is 24.4 Å². The molecule has 4 heterocycles. The fraction of sp³-hybridized carbons (Fsp3) is 0.222. The number of nitrogen functional groups attached to an aromatic ring is 1. The van der Waals surface area contributed by atoms with Gasteiger partial charge in [0.2, 0.25) is 22.7 Å². The Morgan fingerprint density at radius 1 is 1.22 bits per heavy atom. The number of fused-ring (bicyclic) bond motifs is 2. The van der Waals surface area contributed by atoms with Crippen molar-refractivity contribution in [2.75, 3.05) is 25.3 Å². The van der Waals surface area contributed by atoms with Crippen LogP contribution < -0.4 is 19.9 Å². The van der Waals surface area contributed by atoms with E-state index < -0.39 is 10.0 Å². The molecule has 0 bridgehead atoms. The third-order valence-electron chi connectivity index (χ3n) is 4.56. The number of benzene rings is 1. The zero-order valence-corrected chi connectivity index (χ0v) is 18.3. The first-order chi connectivity index (χ1) is 15.4. The predicted molar refractivity (Wildman–Crippen MR) is 115 cm³/mol. The van der Waals surface area contributed by atoms with Gasteiger partial charge in [0, 0.05) is 18.0 Å². The summed E-state index contributed by atoms with van der Waals surface area (Å²) in [7, 11) is -3.35. The highest BCUT2D eigenvalue weighted by Gasteiger charge is 2.23. The number of nitrogens with two attached hydrogens (primary N) is 1. The second kappa shape index (κ2) is 7.96. The zero-order chi connectivity index (χ0) is 22.3. The molecule has 32 heavy (non-hydrogen) atoms. The van der Waals surface area contributed by atoms with Crippen LogP contribution in [0.2, 0.25) is 0 Å². The highest BCUT2D eigenvalue weighted by atomic mass is 32.2. The number of aromatic nitrogens is 5. The van der Waals surface area contributed by atoms with Crippen LogP contribution in [0.3, 0.4) is 0 Å². The first kappa shape index (κ1) is 20.5. The lowest BCUT2D eigenvalue weighted by atomic mass is 10.2. The molecule has 0 saturated carbocycles. The van der Waals surface area contributed by atoms with E-state index in [9.17, 15) is 8.42 Å². The van der Waals surface area contributed by atoms with Crippen molar-refractivity contribution in [1.82, 2.24) is 29.2 Å². The van der Waals surface area contributed by atoms with E-state index in [1.54, 1.807) is 16.8 Å². The van der Waals surface area contributed by atoms with Gasteiger partial charge >= 0.3 is 0 Å². The smallest absolute Gasteiger partial charge is 0.231 e. The second-order valence-electron chi connectivity index (χ2n) is 6.78. The summed E-state index contributed by atoms with van der Waals surface area (Å²) in [6.45, 7) is 0.549. The third kappa shape index (κ3) is 3.94. The first-order valence-corrected chi connectivity index (χ1v) is 12.0. The minimum Gasteiger partial charge on any atom is -0.454 e. The molecule has 1 aliphatic rings. The summed E-state index contributed by atoms with van der Waals surface area (Å²) >= 11 is 1.31. The fourth-order valence-corrected chi connectivity index (χ4v) is 4.69. The van der Waals surface area contributed by atoms with Gasteiger partial charge in [-0.25, -0.2) is 33.1 Å². The molecule has 0 amide bonds. The minimum absolute atomic E-state index is 0.121. The molecule has 0 spiro atoms. The van der Waals surface area contributed by atoms with Gasteiger partial charge in [-0.3, -0.25) is 0 Å². The first-order valence-electron chi connectivity index (χ1n) is 9.32. The van der Waals surface area contributed by atoms with Crippen molar-refractivity contribution < 1.29 is 22.3 Å². The summed E-state index contributed by atoms with van der Waals surface area (Å²) in [6, 6.07) is 3.61. The number of oxazole rings is 1. The molecule has 0 aliphatic carbocycles. The van der Waals surface area contributed by atoms with Crippen LogP contribution in [-0.4, -0.2) is 52.5 Å². The van der Waals surface area contributed by atoms with Crippen LogP contribution in [0.5, 0.6) is 11.5 Å². The Balaban J connectivity index is 1.58. The van der Waals surface area contributed by atoms with E-state index >= 15 is 0 Å². The normalized spacial score (nSPS) is 13.2. The van der Waals surface area contributed by atoms with Crippen molar-refractivity contribution in [3.8, 4) is 23.0 Å². The lowest BCUT2D eigenvalue weighted by Crippen LogP contribution is -2.26. The number of hydrogen-bond acceptors (Lipinski definition) is 11. The quantitative estimate of drug-likeness (QED) is 0.398. The number of nitrogens with one attached hydrogen (secondary N) is 1. The predicted octanol–water partition coefficient (Wildman–Crippen LogP) is 1.49. The van der Waals surface area contributed by atoms with E-state index in [0.717, 1.165) is 11.2 Å². The Hall–Kier alpha value is -3.36. The van der Waals surface area contributed by atoms with Crippen LogP contribution in [-0.2, 0) is 16.6 Å². The maximum Gasteiger partial charge on any atom is 0.231 e. The standard InChI is InChI=1S/C18H17N7O5S2/c1-32(26,27)23-2-4-25-16-14(15(19)21-8-22-16)24-18(25)31-13-7-12-11(29-9-30-12)6-10(13)17-20-3-5-28-17/h3,5-8,23H,2,4,9H2,1H3,(H2,19,21,22). The molecule has 166 valence electrons. The van der Waals surface area contributed by atoms with E-state index in [0.29, 0.717) is 39.3 Å². The van der Waals surface area contributed by atoms with Crippen molar-refractivity contribution in [1.29, 1.82) is 0 Å². The van der Waals surface area contributed by atoms with Gasteiger partial charge < -0.3 is 24.2 Å². The van der Waals surface area contributed by atoms with Gasteiger partial charge in [0.1, 0.15) is 12.6 Å². The average molecular weight is 476 g/mol. The molecule has 1 aliphatic heterocycles. The van der Waals surface area contributed by atoms with Crippen molar-refractivity contribution in [3.63, 3.8) is 0 Å². The molecule has 0 saturated heterocycles. The molecular formula is C18H17N7O5S2. The Morgan fingerprint density at radius 3 is 2.78 bits per heavy atom. The molecule has 0 fully saturated rings. The Kier molecular flexibility index (Phi) is 5.11. The zero-order valence-electron chi connectivity index (χ0n) is 16.7. The van der Waals surface area contributed by atoms with Crippen LogP contribution in [0, 0.1) is 0 Å². The summed E-state index contributed by atoms with van der Waals surface area (Å²) in [5, 5.41) is 0.536. The van der Waals surface area contributed by atoms with Crippen LogP contribution in [0.4, 0.5) is 5.82 Å². The van der Waals surface area contributed by atoms with Gasteiger partial charge in [0.15, 0.2) is 33.6 Å². The highest BCUT2D eigenvalue weighted by Crippen LogP contribution is 2.44. The average Bonchev–Trinajstić information content (AvgIpc) is 3.48. The molecule has 0 atom stereocenters. The SMILES string of the molecule is CS(=O)(=O)NCCn1c(Sc2cc3c(cc2-c2ncco2)OCO3)nc2c(N)ncnc21. The van der Waals surface area contributed by atoms with Gasteiger partial charge in [0.05, 0.1) is 18.0 Å². The maximum atomic E-state index is 11.5. The molecule has 3 N–H and O–H groups in total. The highest BCUT2D eigenvalue weighted by molar-refractivity contribution is 7.99. The van der Waals surface area contributed by atoms with Gasteiger partial charge in [-0.15, -0.1) is 0 Å². The van der Waals surface area contributed by atoms with Gasteiger partial charge in [-0.05, 0) is 12.1 Å². The number of imidazole rings is 1. The number of nitrogens with zero attached hydrogens (tertiary/aromatic N) is 5. The molecule has 5 rings (SSSR count). The maximum absolute atomic E-state index is 11.5. The minimum atomic E-state index is -3.35. The number of anilines is 1. The molecule has 0 unspecified atom stereocenters. The van der Waals surface area contributed by atoms with E-state index in [2.05, 4.69) is 24.7 Å². The van der Waals surface area contributed by atoms with Gasteiger partial charge in [-0.2, -0.15) is 0 Å². The van der Waals surface area contributed by atoms with Gasteiger partial charge in [-0.1, -0.05) is 11.8 Å². The number of sulfonamides is 1. The molecule has 1 aromatic carbocycles. The summed E-state index contributed by atoms with van der Waals surface area (Å²) in [5.74, 6) is 1.81. The second-order valence-corrected chi connectivity index (χ2v) is 9.63. The molecule has 4 aromatic rings. The summed E-state index contributed by atoms with van der Waals surface area (Å²) in [5.41, 5.74) is 7.61. The lowest BCUT2D eigenvalue weighted by molar-refractivity contribution is 0.174. The fourth-order valence-electron chi connectivity index (χ4n) is 3.19. The van der Waals surface area contributed by atoms with Crippen molar-refractivity contribution in [3.05, 3.63) is 30.9 Å². The van der Waals surface area contributed by atoms with E-state index in [1.807, 2.05) is 6.07 Å². The molecule has 0 radical (unpaired) electrons. The largest absolute Gasteiger partial charge is 0.454 e. The van der Waals surface area contributed by atoms with Crippen molar-refractivity contribution >= 4 is 38.8 Å². The molecule has 3 aromatic heterocycles. The number of ether oxygens (including phenoxy) is 2. The van der Waals surface area contributed by atoms with Crippen LogP contribution >= 0.6 is 11.8 Å². The molecule has 12 nitrogen and oxygen atoms in total.